The van der Waals surface area contributed by atoms with Crippen LogP contribution in [0.15, 0.2) is 28.3 Å². The van der Waals surface area contributed by atoms with E-state index < -0.39 is 5.82 Å². The fourth-order valence-electron chi connectivity index (χ4n) is 0.884. The van der Waals surface area contributed by atoms with Crippen molar-refractivity contribution in [3.63, 3.8) is 0 Å². The predicted octanol–water partition coefficient (Wildman–Crippen LogP) is 1.64. The fraction of sp³-hybridized carbons (Fsp3) is 0.125. The highest BCUT2D eigenvalue weighted by atomic mass is 32.2. The summed E-state index contributed by atoms with van der Waals surface area (Å²) in [6.45, 7) is 0. The second-order valence-electron chi connectivity index (χ2n) is 2.33. The monoisotopic (exact) mass is 200 g/mol. The van der Waals surface area contributed by atoms with Crippen molar-refractivity contribution in [3.05, 3.63) is 29.6 Å². The topological polar surface area (TPSA) is 58.6 Å². The van der Waals surface area contributed by atoms with Crippen LogP contribution in [0, 0.1) is 5.82 Å². The lowest BCUT2D eigenvalue weighted by molar-refractivity contribution is 0.318. The average Bonchev–Trinajstić information content (AvgIpc) is 2.16. The van der Waals surface area contributed by atoms with Gasteiger partial charge in [-0.05, 0) is 24.5 Å². The molecule has 0 saturated heterocycles. The minimum atomic E-state index is -0.484. The van der Waals surface area contributed by atoms with Crippen LogP contribution < -0.4 is 5.73 Å². The van der Waals surface area contributed by atoms with Crippen molar-refractivity contribution in [1.82, 2.24) is 0 Å². The Hall–Kier alpha value is -1.23. The molecule has 0 unspecified atom stereocenters. The standard InChI is InChI=1S/C8H9FN2OS/c1-13-5-2-3-6(7(9)4-5)8(10)11-12/h2-4,12H,1H3,(H2,10,11). The number of amidine groups is 1. The van der Waals surface area contributed by atoms with Crippen molar-refractivity contribution in [2.45, 2.75) is 4.90 Å². The summed E-state index contributed by atoms with van der Waals surface area (Å²) in [5.41, 5.74) is 5.35. The maximum Gasteiger partial charge on any atom is 0.173 e. The maximum atomic E-state index is 13.2. The van der Waals surface area contributed by atoms with E-state index in [2.05, 4.69) is 5.16 Å². The van der Waals surface area contributed by atoms with E-state index in [1.165, 1.54) is 23.9 Å². The molecule has 0 saturated carbocycles. The Morgan fingerprint density at radius 1 is 1.62 bits per heavy atom. The van der Waals surface area contributed by atoms with Gasteiger partial charge in [0.1, 0.15) is 5.82 Å². The van der Waals surface area contributed by atoms with Gasteiger partial charge >= 0.3 is 0 Å². The molecule has 1 aromatic rings. The number of benzene rings is 1. The molecule has 0 aliphatic carbocycles. The van der Waals surface area contributed by atoms with E-state index in [0.29, 0.717) is 0 Å². The van der Waals surface area contributed by atoms with Crippen molar-refractivity contribution in [1.29, 1.82) is 0 Å². The van der Waals surface area contributed by atoms with Crippen molar-refractivity contribution >= 4 is 17.6 Å². The molecule has 3 N–H and O–H groups in total. The third-order valence-corrected chi connectivity index (χ3v) is 2.29. The quantitative estimate of drug-likeness (QED) is 0.251. The average molecular weight is 200 g/mol. The van der Waals surface area contributed by atoms with Crippen LogP contribution in [0.3, 0.4) is 0 Å². The normalized spacial score (nSPS) is 11.7. The largest absolute Gasteiger partial charge is 0.409 e. The minimum absolute atomic E-state index is 0.111. The zero-order valence-corrected chi connectivity index (χ0v) is 7.81. The number of oxime groups is 1. The van der Waals surface area contributed by atoms with E-state index in [4.69, 9.17) is 10.9 Å². The summed E-state index contributed by atoms with van der Waals surface area (Å²) in [5, 5.41) is 11.1. The second-order valence-corrected chi connectivity index (χ2v) is 3.21. The zero-order chi connectivity index (χ0) is 9.84. The van der Waals surface area contributed by atoms with Gasteiger partial charge in [0.2, 0.25) is 0 Å². The first-order valence-electron chi connectivity index (χ1n) is 3.50. The lowest BCUT2D eigenvalue weighted by Gasteiger charge is -2.02. The number of halogens is 1. The highest BCUT2D eigenvalue weighted by molar-refractivity contribution is 7.98. The third kappa shape index (κ3) is 2.12. The molecular weight excluding hydrogens is 191 g/mol. The minimum Gasteiger partial charge on any atom is -0.409 e. The smallest absolute Gasteiger partial charge is 0.173 e. The van der Waals surface area contributed by atoms with E-state index in [1.807, 2.05) is 6.26 Å². The summed E-state index contributed by atoms with van der Waals surface area (Å²) >= 11 is 1.43. The summed E-state index contributed by atoms with van der Waals surface area (Å²) in [6, 6.07) is 4.54. The van der Waals surface area contributed by atoms with Gasteiger partial charge in [-0.25, -0.2) is 4.39 Å². The van der Waals surface area contributed by atoms with Gasteiger partial charge < -0.3 is 10.9 Å². The highest BCUT2D eigenvalue weighted by Crippen LogP contribution is 2.18. The number of nitrogens with zero attached hydrogens (tertiary/aromatic N) is 1. The van der Waals surface area contributed by atoms with Crippen LogP contribution in [0.5, 0.6) is 0 Å². The van der Waals surface area contributed by atoms with Crippen LogP contribution in [-0.2, 0) is 0 Å². The number of hydrogen-bond acceptors (Lipinski definition) is 3. The van der Waals surface area contributed by atoms with E-state index >= 15 is 0 Å². The van der Waals surface area contributed by atoms with Gasteiger partial charge in [-0.2, -0.15) is 0 Å². The van der Waals surface area contributed by atoms with Gasteiger partial charge in [0.15, 0.2) is 5.84 Å². The van der Waals surface area contributed by atoms with E-state index in [0.717, 1.165) is 4.90 Å². The zero-order valence-electron chi connectivity index (χ0n) is 6.99. The van der Waals surface area contributed by atoms with E-state index in [1.54, 1.807) is 6.07 Å². The lowest BCUT2D eigenvalue weighted by Crippen LogP contribution is -2.14. The summed E-state index contributed by atoms with van der Waals surface area (Å²) in [6.07, 6.45) is 1.85. The van der Waals surface area contributed by atoms with E-state index in [9.17, 15) is 4.39 Å². The number of rotatable bonds is 2. The molecule has 0 atom stereocenters. The van der Waals surface area contributed by atoms with Crippen LogP contribution in [0.2, 0.25) is 0 Å². The maximum absolute atomic E-state index is 13.2. The van der Waals surface area contributed by atoms with Crippen LogP contribution in [0.4, 0.5) is 4.39 Å². The van der Waals surface area contributed by atoms with Crippen molar-refractivity contribution in [2.24, 2.45) is 10.9 Å². The molecule has 5 heteroatoms. The lowest BCUT2D eigenvalue weighted by atomic mass is 10.2. The number of nitrogens with two attached hydrogens (primary N) is 1. The molecule has 0 spiro atoms. The third-order valence-electron chi connectivity index (χ3n) is 1.56. The summed E-state index contributed by atoms with van der Waals surface area (Å²) < 4.78 is 13.2. The Labute approximate surface area is 79.4 Å². The molecule has 1 aromatic carbocycles. The molecule has 0 bridgehead atoms. The Morgan fingerprint density at radius 2 is 2.31 bits per heavy atom. The van der Waals surface area contributed by atoms with Crippen molar-refractivity contribution in [2.75, 3.05) is 6.26 Å². The van der Waals surface area contributed by atoms with Gasteiger partial charge in [0.25, 0.3) is 0 Å². The van der Waals surface area contributed by atoms with Crippen LogP contribution >= 0.6 is 11.8 Å². The molecule has 0 heterocycles. The molecule has 0 amide bonds. The molecule has 70 valence electrons. The SMILES string of the molecule is CSc1ccc(/C(N)=N/O)c(F)c1. The van der Waals surface area contributed by atoms with Gasteiger partial charge in [-0.3, -0.25) is 0 Å². The molecule has 0 aromatic heterocycles. The van der Waals surface area contributed by atoms with Gasteiger partial charge in [-0.15, -0.1) is 11.8 Å². The summed E-state index contributed by atoms with van der Waals surface area (Å²) in [4.78, 5) is 0.798. The Morgan fingerprint density at radius 3 is 2.77 bits per heavy atom. The van der Waals surface area contributed by atoms with Gasteiger partial charge in [0, 0.05) is 4.90 Å². The molecule has 0 radical (unpaired) electrons. The van der Waals surface area contributed by atoms with E-state index in [-0.39, 0.29) is 11.4 Å². The van der Waals surface area contributed by atoms with Crippen LogP contribution in [-0.4, -0.2) is 17.3 Å². The Kier molecular flexibility index (Phi) is 3.13. The first kappa shape index (κ1) is 9.85. The first-order chi connectivity index (χ1) is 6.19. The van der Waals surface area contributed by atoms with Crippen LogP contribution in [0.25, 0.3) is 0 Å². The summed E-state index contributed by atoms with van der Waals surface area (Å²) in [5.74, 6) is -0.702. The summed E-state index contributed by atoms with van der Waals surface area (Å²) in [7, 11) is 0. The fourth-order valence-corrected chi connectivity index (χ4v) is 1.31. The van der Waals surface area contributed by atoms with Crippen LogP contribution in [0.1, 0.15) is 5.56 Å². The molecule has 0 fully saturated rings. The Bertz CT molecular complexity index is 341. The van der Waals surface area contributed by atoms with Crippen molar-refractivity contribution < 1.29 is 9.60 Å². The number of thioether (sulfide) groups is 1. The molecule has 1 rings (SSSR count). The highest BCUT2D eigenvalue weighted by Gasteiger charge is 2.06. The second kappa shape index (κ2) is 4.13. The number of hydrogen-bond donors (Lipinski definition) is 2. The van der Waals surface area contributed by atoms with Gasteiger partial charge in [-0.1, -0.05) is 5.16 Å². The van der Waals surface area contributed by atoms with Gasteiger partial charge in [0.05, 0.1) is 5.56 Å². The predicted molar refractivity (Wildman–Crippen MR) is 50.7 cm³/mol. The van der Waals surface area contributed by atoms with Crippen molar-refractivity contribution in [3.8, 4) is 0 Å². The molecule has 0 aliphatic rings. The molecule has 0 aliphatic heterocycles. The molecule has 3 nitrogen and oxygen atoms in total. The molecular formula is C8H9FN2OS. The first-order valence-corrected chi connectivity index (χ1v) is 4.73. The molecule has 13 heavy (non-hydrogen) atoms. The Balaban J connectivity index is 3.12.